The van der Waals surface area contributed by atoms with Crippen molar-refractivity contribution in [3.63, 3.8) is 0 Å². The Balaban J connectivity index is 1.83. The van der Waals surface area contributed by atoms with Crippen molar-refractivity contribution >= 4 is 15.9 Å². The van der Waals surface area contributed by atoms with Crippen LogP contribution >= 0.6 is 0 Å². The van der Waals surface area contributed by atoms with Crippen LogP contribution in [0.15, 0.2) is 24.3 Å². The molecular formula is C15H22N2O4S. The van der Waals surface area contributed by atoms with Crippen LogP contribution in [0.4, 0.5) is 0 Å². The summed E-state index contributed by atoms with van der Waals surface area (Å²) in [6.45, 7) is 1.20. The predicted molar refractivity (Wildman–Crippen MR) is 83.6 cm³/mol. The van der Waals surface area contributed by atoms with Crippen molar-refractivity contribution in [3.05, 3.63) is 35.4 Å². The topological polar surface area (TPSA) is 86.7 Å². The molecule has 0 aromatic heterocycles. The predicted octanol–water partition coefficient (Wildman–Crippen LogP) is 0.119. The van der Waals surface area contributed by atoms with Gasteiger partial charge in [0.1, 0.15) is 0 Å². The van der Waals surface area contributed by atoms with Crippen LogP contribution in [0.2, 0.25) is 0 Å². The lowest BCUT2D eigenvalue weighted by Gasteiger charge is -2.16. The van der Waals surface area contributed by atoms with E-state index in [0.29, 0.717) is 19.0 Å². The minimum atomic E-state index is -3.34. The molecule has 0 saturated carbocycles. The van der Waals surface area contributed by atoms with E-state index in [0.717, 1.165) is 24.7 Å². The number of carbonyl (C=O) groups excluding carboxylic acids is 1. The van der Waals surface area contributed by atoms with E-state index in [4.69, 9.17) is 5.11 Å². The number of aliphatic hydroxyl groups is 1. The van der Waals surface area contributed by atoms with Crippen LogP contribution < -0.4 is 4.72 Å². The summed E-state index contributed by atoms with van der Waals surface area (Å²) in [6.07, 6.45) is 2.85. The largest absolute Gasteiger partial charge is 0.392 e. The molecule has 1 aliphatic rings. The molecule has 1 aliphatic heterocycles. The van der Waals surface area contributed by atoms with Crippen molar-refractivity contribution in [1.82, 2.24) is 9.62 Å². The summed E-state index contributed by atoms with van der Waals surface area (Å²) in [6, 6.07) is 7.81. The first kappa shape index (κ1) is 16.9. The minimum absolute atomic E-state index is 0.0410. The average molecular weight is 326 g/mol. The molecule has 0 aliphatic carbocycles. The SMILES string of the molecule is CS(=O)(=O)NCC(=O)N1CC[C@H](Cc2ccc(CO)cc2)C1. The van der Waals surface area contributed by atoms with Crippen molar-refractivity contribution in [1.29, 1.82) is 0 Å². The third kappa shape index (κ3) is 5.08. The van der Waals surface area contributed by atoms with E-state index in [1.54, 1.807) is 4.90 Å². The minimum Gasteiger partial charge on any atom is -0.392 e. The summed E-state index contributed by atoms with van der Waals surface area (Å²) in [4.78, 5) is 13.7. The molecule has 7 heteroatoms. The molecule has 1 heterocycles. The summed E-state index contributed by atoms with van der Waals surface area (Å²) in [5.74, 6) is 0.214. The van der Waals surface area contributed by atoms with Crippen LogP contribution in [0, 0.1) is 5.92 Å². The number of rotatable bonds is 6. The van der Waals surface area contributed by atoms with Crippen molar-refractivity contribution in [3.8, 4) is 0 Å². The third-order valence-corrected chi connectivity index (χ3v) is 4.52. The fraction of sp³-hybridized carbons (Fsp3) is 0.533. The van der Waals surface area contributed by atoms with Crippen molar-refractivity contribution in [2.75, 3.05) is 25.9 Å². The van der Waals surface area contributed by atoms with Crippen LogP contribution in [0.1, 0.15) is 17.5 Å². The summed E-state index contributed by atoms with van der Waals surface area (Å²) in [5.41, 5.74) is 2.07. The maximum absolute atomic E-state index is 11.9. The Kier molecular flexibility index (Phi) is 5.55. The number of likely N-dealkylation sites (tertiary alicyclic amines) is 1. The zero-order valence-electron chi connectivity index (χ0n) is 12.7. The Hall–Kier alpha value is -1.44. The Morgan fingerprint density at radius 3 is 2.55 bits per heavy atom. The highest BCUT2D eigenvalue weighted by Crippen LogP contribution is 2.21. The Bertz CT molecular complexity index is 613. The lowest BCUT2D eigenvalue weighted by molar-refractivity contribution is -0.129. The molecule has 2 N–H and O–H groups in total. The summed E-state index contributed by atoms with van der Waals surface area (Å²) >= 11 is 0. The normalized spacial score (nSPS) is 18.6. The third-order valence-electron chi connectivity index (χ3n) is 3.85. The second-order valence-corrected chi connectivity index (χ2v) is 7.60. The molecule has 1 saturated heterocycles. The zero-order valence-corrected chi connectivity index (χ0v) is 13.5. The second kappa shape index (κ2) is 7.21. The number of hydrogen-bond acceptors (Lipinski definition) is 4. The van der Waals surface area contributed by atoms with Gasteiger partial charge in [0.15, 0.2) is 0 Å². The van der Waals surface area contributed by atoms with E-state index in [1.807, 2.05) is 24.3 Å². The summed E-state index contributed by atoms with van der Waals surface area (Å²) in [5, 5.41) is 9.02. The number of nitrogens with one attached hydrogen (secondary N) is 1. The number of sulfonamides is 1. The number of hydrogen-bond donors (Lipinski definition) is 2. The molecule has 0 unspecified atom stereocenters. The van der Waals surface area contributed by atoms with Crippen molar-refractivity contribution < 1.29 is 18.3 Å². The van der Waals surface area contributed by atoms with E-state index in [9.17, 15) is 13.2 Å². The number of amides is 1. The number of benzene rings is 1. The van der Waals surface area contributed by atoms with E-state index < -0.39 is 10.0 Å². The van der Waals surface area contributed by atoms with E-state index in [2.05, 4.69) is 4.72 Å². The number of carbonyl (C=O) groups is 1. The molecule has 1 aromatic carbocycles. The Labute approximate surface area is 131 Å². The van der Waals surface area contributed by atoms with Crippen molar-refractivity contribution in [2.24, 2.45) is 5.92 Å². The molecular weight excluding hydrogens is 304 g/mol. The van der Waals surface area contributed by atoms with E-state index in [-0.39, 0.29) is 19.1 Å². The molecule has 1 fully saturated rings. The molecule has 0 bridgehead atoms. The maximum Gasteiger partial charge on any atom is 0.237 e. The first-order valence-electron chi connectivity index (χ1n) is 7.28. The van der Waals surface area contributed by atoms with E-state index in [1.165, 1.54) is 5.56 Å². The monoisotopic (exact) mass is 326 g/mol. The zero-order chi connectivity index (χ0) is 16.2. The Morgan fingerprint density at radius 1 is 1.32 bits per heavy atom. The van der Waals surface area contributed by atoms with Gasteiger partial charge in [0.05, 0.1) is 19.4 Å². The van der Waals surface area contributed by atoms with Gasteiger partial charge in [-0.05, 0) is 29.9 Å². The van der Waals surface area contributed by atoms with Gasteiger partial charge < -0.3 is 10.0 Å². The lowest BCUT2D eigenvalue weighted by atomic mass is 9.98. The van der Waals surface area contributed by atoms with Crippen molar-refractivity contribution in [2.45, 2.75) is 19.4 Å². The molecule has 122 valence electrons. The molecule has 0 radical (unpaired) electrons. The first-order chi connectivity index (χ1) is 10.4. The van der Waals surface area contributed by atoms with Gasteiger partial charge in [-0.2, -0.15) is 0 Å². The molecule has 6 nitrogen and oxygen atoms in total. The lowest BCUT2D eigenvalue weighted by Crippen LogP contribution is -2.38. The smallest absolute Gasteiger partial charge is 0.237 e. The van der Waals surface area contributed by atoms with Crippen LogP contribution in [0.5, 0.6) is 0 Å². The number of nitrogens with zero attached hydrogens (tertiary/aromatic N) is 1. The first-order valence-corrected chi connectivity index (χ1v) is 9.17. The van der Waals surface area contributed by atoms with Crippen LogP contribution in [0.25, 0.3) is 0 Å². The highest BCUT2D eigenvalue weighted by molar-refractivity contribution is 7.88. The molecule has 1 aromatic rings. The van der Waals surface area contributed by atoms with Gasteiger partial charge in [0.25, 0.3) is 0 Å². The van der Waals surface area contributed by atoms with Crippen LogP contribution in [-0.2, 0) is 27.8 Å². The molecule has 1 amide bonds. The molecule has 0 spiro atoms. The second-order valence-electron chi connectivity index (χ2n) is 5.77. The van der Waals surface area contributed by atoms with Gasteiger partial charge in [-0.25, -0.2) is 13.1 Å². The maximum atomic E-state index is 11.9. The van der Waals surface area contributed by atoms with Gasteiger partial charge >= 0.3 is 0 Å². The fourth-order valence-electron chi connectivity index (χ4n) is 2.64. The quantitative estimate of drug-likeness (QED) is 0.777. The van der Waals surface area contributed by atoms with Crippen LogP contribution in [0.3, 0.4) is 0 Å². The summed E-state index contributed by atoms with van der Waals surface area (Å²) < 4.78 is 24.3. The fourth-order valence-corrected chi connectivity index (χ4v) is 3.03. The Morgan fingerprint density at radius 2 is 1.95 bits per heavy atom. The van der Waals surface area contributed by atoms with Gasteiger partial charge in [-0.3, -0.25) is 4.79 Å². The van der Waals surface area contributed by atoms with E-state index >= 15 is 0 Å². The number of aliphatic hydroxyl groups excluding tert-OH is 1. The van der Waals surface area contributed by atoms with Gasteiger partial charge in [-0.15, -0.1) is 0 Å². The molecule has 2 rings (SSSR count). The molecule has 22 heavy (non-hydrogen) atoms. The van der Waals surface area contributed by atoms with Crippen LogP contribution in [-0.4, -0.2) is 50.2 Å². The van der Waals surface area contributed by atoms with Gasteiger partial charge in [0.2, 0.25) is 15.9 Å². The highest BCUT2D eigenvalue weighted by Gasteiger charge is 2.26. The van der Waals surface area contributed by atoms with Gasteiger partial charge in [-0.1, -0.05) is 24.3 Å². The summed E-state index contributed by atoms with van der Waals surface area (Å²) in [7, 11) is -3.34. The highest BCUT2D eigenvalue weighted by atomic mass is 32.2. The molecule has 1 atom stereocenters. The average Bonchev–Trinajstić information content (AvgIpc) is 2.93. The van der Waals surface area contributed by atoms with Gasteiger partial charge in [0, 0.05) is 13.1 Å². The standard InChI is InChI=1S/C15H22N2O4S/c1-22(20,21)16-9-15(19)17-7-6-14(10-17)8-12-2-4-13(11-18)5-3-12/h2-5,14,16,18H,6-11H2,1H3/t14-/m1/s1.